The van der Waals surface area contributed by atoms with Crippen LogP contribution < -0.4 is 0 Å². The maximum absolute atomic E-state index is 10.1. The summed E-state index contributed by atoms with van der Waals surface area (Å²) in [6.07, 6.45) is 14.6. The van der Waals surface area contributed by atoms with Gasteiger partial charge in [-0.3, -0.25) is 4.79 Å². The van der Waals surface area contributed by atoms with Gasteiger partial charge in [-0.05, 0) is 51.9 Å². The number of carboxylic acid groups (broad SMARTS) is 1. The predicted octanol–water partition coefficient (Wildman–Crippen LogP) is 2.20. The van der Waals surface area contributed by atoms with Crippen LogP contribution in [0.1, 0.15) is 6.92 Å². The monoisotopic (exact) mass is 430 g/mol. The summed E-state index contributed by atoms with van der Waals surface area (Å²) in [5.74, 6) is -0.581. The molecule has 0 amide bonds. The van der Waals surface area contributed by atoms with Crippen LogP contribution in [0.4, 0.5) is 0 Å². The molecule has 100 valence electrons. The Morgan fingerprint density at radius 1 is 1.11 bits per heavy atom. The van der Waals surface area contributed by atoms with Gasteiger partial charge in [-0.25, -0.2) is 0 Å². The molecule has 1 N–H and O–H groups in total. The Bertz CT molecular complexity index is 218. The van der Waals surface area contributed by atoms with Gasteiger partial charge in [-0.15, -0.1) is 6.58 Å². The molecule has 1 rings (SSSR count). The normalized spacial score (nSPS) is 11.1. The molecule has 5 heteroatoms. The summed E-state index contributed by atoms with van der Waals surface area (Å²) in [4.78, 5) is 10.1. The van der Waals surface area contributed by atoms with Gasteiger partial charge in [0.1, 0.15) is 0 Å². The summed E-state index contributed by atoms with van der Waals surface area (Å²) in [5.41, 5.74) is 0. The van der Waals surface area contributed by atoms with Crippen molar-refractivity contribution < 1.29 is 40.3 Å². The van der Waals surface area contributed by atoms with Crippen molar-refractivity contribution >= 4 is 5.97 Å². The molecule has 0 bridgehead atoms. The Hall–Kier alpha value is -0.622. The Kier molecular flexibility index (Phi) is 36.8. The molecular weight excluding hydrogens is 416 g/mol. The third kappa shape index (κ3) is 26.8. The maximum Gasteiger partial charge on any atom is 0 e. The predicted molar refractivity (Wildman–Crippen MR) is 64.7 cm³/mol. The molecule has 1 saturated carbocycles. The SMILES string of the molecule is C=C[CH][CH][C](C)C(=O)O.[C-]#[O+].[C-]#[O+].[CH]1[CH][CH][CH][CH]1.[W]. The van der Waals surface area contributed by atoms with Gasteiger partial charge in [0.25, 0.3) is 0 Å². The van der Waals surface area contributed by atoms with Gasteiger partial charge >= 0.3 is 28.6 Å². The first-order chi connectivity index (χ1) is 8.68. The summed E-state index contributed by atoms with van der Waals surface area (Å²) in [6, 6.07) is 0. The molecule has 1 aliphatic rings. The Morgan fingerprint density at radius 2 is 1.42 bits per heavy atom. The third-order valence-electron chi connectivity index (χ3n) is 1.38. The van der Waals surface area contributed by atoms with Crippen LogP contribution in [0, 0.1) is 64.2 Å². The molecule has 19 heavy (non-hydrogen) atoms. The molecular formula is C14H14O4W. The van der Waals surface area contributed by atoms with E-state index in [1.807, 2.05) is 32.1 Å². The Balaban J connectivity index is -0.0000000956. The van der Waals surface area contributed by atoms with E-state index in [1.54, 1.807) is 6.42 Å². The second-order valence-corrected chi connectivity index (χ2v) is 2.55. The van der Waals surface area contributed by atoms with E-state index in [0.717, 1.165) is 0 Å². The molecule has 0 aliphatic heterocycles. The van der Waals surface area contributed by atoms with E-state index in [4.69, 9.17) is 14.4 Å². The average molecular weight is 430 g/mol. The van der Waals surface area contributed by atoms with E-state index in [2.05, 4.69) is 19.9 Å². The zero-order valence-corrected chi connectivity index (χ0v) is 13.3. The van der Waals surface area contributed by atoms with Crippen molar-refractivity contribution in [2.75, 3.05) is 0 Å². The average Bonchev–Trinajstić information content (AvgIpc) is 2.99. The van der Waals surface area contributed by atoms with Gasteiger partial charge < -0.3 is 5.11 Å². The standard InChI is InChI=1S/C7H9O2.C5H5.2CO.W/c1-3-4-5-6(2)7(8)9;1-2-4-5-3-1;2*1-2;/h3-5H,1H2,2H3,(H,8,9);1-5H;;;. The summed E-state index contributed by atoms with van der Waals surface area (Å²) >= 11 is 0. The topological polar surface area (TPSA) is 77.1 Å². The second kappa shape index (κ2) is 26.0. The Morgan fingerprint density at radius 3 is 1.63 bits per heavy atom. The first-order valence-electron chi connectivity index (χ1n) is 4.62. The smallest absolute Gasteiger partial charge is 0 e. The Labute approximate surface area is 130 Å². The van der Waals surface area contributed by atoms with Gasteiger partial charge in [0.15, 0.2) is 0 Å². The number of hydrogen-bond acceptors (Lipinski definition) is 1. The number of carboxylic acids is 1. The molecule has 8 radical (unpaired) electrons. The molecule has 0 aromatic heterocycles. The van der Waals surface area contributed by atoms with Crippen LogP contribution in [0.5, 0.6) is 0 Å². The van der Waals surface area contributed by atoms with Gasteiger partial charge in [0.2, 0.25) is 0 Å². The third-order valence-corrected chi connectivity index (χ3v) is 1.38. The number of aliphatic carboxylic acids is 1. The van der Waals surface area contributed by atoms with Crippen molar-refractivity contribution in [3.8, 4) is 0 Å². The van der Waals surface area contributed by atoms with Crippen molar-refractivity contribution in [2.45, 2.75) is 6.92 Å². The fraction of sp³-hybridized carbons (Fsp3) is 0.0714. The van der Waals surface area contributed by atoms with Crippen LogP contribution in [0.25, 0.3) is 0 Å². The van der Waals surface area contributed by atoms with E-state index in [1.165, 1.54) is 19.4 Å². The van der Waals surface area contributed by atoms with Gasteiger partial charge in [-0.1, -0.05) is 6.08 Å². The van der Waals surface area contributed by atoms with Crippen LogP contribution in [-0.4, -0.2) is 11.1 Å². The van der Waals surface area contributed by atoms with E-state index < -0.39 is 5.97 Å². The fourth-order valence-corrected chi connectivity index (χ4v) is 0.604. The number of carbonyl (C=O) groups is 1. The number of rotatable bonds is 4. The summed E-state index contributed by atoms with van der Waals surface area (Å²) in [5, 5.41) is 8.29. The molecule has 1 fully saturated rings. The zero-order chi connectivity index (χ0) is 14.8. The molecule has 0 unspecified atom stereocenters. The van der Waals surface area contributed by atoms with Crippen molar-refractivity contribution in [3.05, 3.63) is 76.8 Å². The fourth-order valence-electron chi connectivity index (χ4n) is 0.604. The van der Waals surface area contributed by atoms with Crippen molar-refractivity contribution in [2.24, 2.45) is 0 Å². The maximum atomic E-state index is 10.1. The zero-order valence-electron chi connectivity index (χ0n) is 10.4. The van der Waals surface area contributed by atoms with Crippen LogP contribution in [-0.2, 0) is 35.2 Å². The molecule has 0 aromatic rings. The minimum absolute atomic E-state index is 0. The van der Waals surface area contributed by atoms with Gasteiger partial charge in [0.05, 0.1) is 5.92 Å². The van der Waals surface area contributed by atoms with Crippen LogP contribution in [0.3, 0.4) is 0 Å². The second-order valence-electron chi connectivity index (χ2n) is 2.55. The summed E-state index contributed by atoms with van der Waals surface area (Å²) in [6.45, 7) is 13.9. The molecule has 0 saturated heterocycles. The first kappa shape index (κ1) is 26.8. The van der Waals surface area contributed by atoms with Crippen molar-refractivity contribution in [1.29, 1.82) is 0 Å². The van der Waals surface area contributed by atoms with E-state index in [-0.39, 0.29) is 21.1 Å². The summed E-state index contributed by atoms with van der Waals surface area (Å²) < 4.78 is 15.0. The van der Waals surface area contributed by atoms with Gasteiger partial charge in [0, 0.05) is 21.1 Å². The van der Waals surface area contributed by atoms with Crippen LogP contribution in [0.2, 0.25) is 0 Å². The molecule has 0 heterocycles. The van der Waals surface area contributed by atoms with E-state index in [0.29, 0.717) is 5.92 Å². The molecule has 1 aliphatic carbocycles. The van der Waals surface area contributed by atoms with Gasteiger partial charge in [-0.2, -0.15) is 0 Å². The van der Waals surface area contributed by atoms with Crippen molar-refractivity contribution in [3.63, 3.8) is 0 Å². The quantitative estimate of drug-likeness (QED) is 0.549. The minimum atomic E-state index is -0.895. The minimum Gasteiger partial charge on any atom is -0.0312 e. The molecule has 0 spiro atoms. The van der Waals surface area contributed by atoms with E-state index in [9.17, 15) is 4.79 Å². The first-order valence-corrected chi connectivity index (χ1v) is 4.62. The summed E-state index contributed by atoms with van der Waals surface area (Å²) in [7, 11) is 0. The molecule has 0 aromatic carbocycles. The van der Waals surface area contributed by atoms with E-state index >= 15 is 0 Å². The number of allylic oxidation sites excluding steroid dienone is 1. The molecule has 4 nitrogen and oxygen atoms in total. The largest absolute Gasteiger partial charge is 0.0312 e. The van der Waals surface area contributed by atoms with Crippen molar-refractivity contribution in [1.82, 2.24) is 0 Å². The van der Waals surface area contributed by atoms with Crippen LogP contribution in [0.15, 0.2) is 12.7 Å². The molecule has 0 atom stereocenters. The number of hydrogen-bond donors (Lipinski definition) is 1. The van der Waals surface area contributed by atoms with Crippen LogP contribution >= 0.6 is 0 Å².